The lowest BCUT2D eigenvalue weighted by Crippen LogP contribution is -2.46. The third-order valence-electron chi connectivity index (χ3n) is 4.25. The molecule has 3 aromatic rings. The van der Waals surface area contributed by atoms with Gasteiger partial charge in [-0.25, -0.2) is 4.98 Å². The molecule has 1 aliphatic rings. The molecule has 1 saturated heterocycles. The number of rotatable bonds is 3. The minimum atomic E-state index is -0.933. The Labute approximate surface area is 127 Å². The molecule has 1 aliphatic heterocycles. The maximum Gasteiger partial charge on any atom is 0.123 e. The number of fused-ring (bicyclic) bond motifs is 1. The summed E-state index contributed by atoms with van der Waals surface area (Å²) >= 11 is 0. The first-order valence-electron chi connectivity index (χ1n) is 7.48. The van der Waals surface area contributed by atoms with Gasteiger partial charge >= 0.3 is 0 Å². The van der Waals surface area contributed by atoms with Crippen molar-refractivity contribution in [2.45, 2.75) is 25.0 Å². The van der Waals surface area contributed by atoms with E-state index < -0.39 is 5.60 Å². The van der Waals surface area contributed by atoms with Gasteiger partial charge in [0.05, 0.1) is 23.8 Å². The van der Waals surface area contributed by atoms with Crippen molar-refractivity contribution in [2.75, 3.05) is 13.1 Å². The van der Waals surface area contributed by atoms with Crippen molar-refractivity contribution in [1.82, 2.24) is 30.3 Å². The molecule has 1 unspecified atom stereocenters. The van der Waals surface area contributed by atoms with Gasteiger partial charge in [-0.05, 0) is 31.5 Å². The number of hydrogen-bond donors (Lipinski definition) is 3. The summed E-state index contributed by atoms with van der Waals surface area (Å²) in [7, 11) is 0. The van der Waals surface area contributed by atoms with Gasteiger partial charge in [0.2, 0.25) is 0 Å². The first-order chi connectivity index (χ1) is 10.7. The van der Waals surface area contributed by atoms with Crippen LogP contribution in [0.2, 0.25) is 0 Å². The molecular weight excluding hydrogens is 280 g/mol. The van der Waals surface area contributed by atoms with E-state index in [-0.39, 0.29) is 0 Å². The van der Waals surface area contributed by atoms with Crippen LogP contribution in [-0.2, 0) is 12.1 Å². The van der Waals surface area contributed by atoms with E-state index in [2.05, 4.69) is 30.3 Å². The Hall–Kier alpha value is -2.25. The fourth-order valence-electron chi connectivity index (χ4n) is 3.19. The predicted octanol–water partition coefficient (Wildman–Crippen LogP) is 1.16. The summed E-state index contributed by atoms with van der Waals surface area (Å²) in [6.45, 7) is 2.17. The quantitative estimate of drug-likeness (QED) is 0.675. The Kier molecular flexibility index (Phi) is 3.16. The summed E-state index contributed by atoms with van der Waals surface area (Å²) in [4.78, 5) is 10.1. The van der Waals surface area contributed by atoms with Gasteiger partial charge in [0.25, 0.3) is 0 Å². The Balaban J connectivity index is 1.53. The molecule has 0 aliphatic carbocycles. The van der Waals surface area contributed by atoms with Crippen molar-refractivity contribution < 1.29 is 5.11 Å². The number of nitrogens with one attached hydrogen (secondary N) is 2. The fourth-order valence-corrected chi connectivity index (χ4v) is 3.19. The second-order valence-corrected chi connectivity index (χ2v) is 5.90. The highest BCUT2D eigenvalue weighted by atomic mass is 16.3. The Morgan fingerprint density at radius 1 is 1.32 bits per heavy atom. The Morgan fingerprint density at radius 3 is 3.05 bits per heavy atom. The van der Waals surface area contributed by atoms with E-state index in [1.54, 1.807) is 6.20 Å². The third-order valence-corrected chi connectivity index (χ3v) is 4.25. The number of β-amino-alcohol motifs (C(OH)–C–C–N with tert-alkyl or cyclic N) is 1. The van der Waals surface area contributed by atoms with Gasteiger partial charge in [0.15, 0.2) is 0 Å². The molecule has 7 nitrogen and oxygen atoms in total. The standard InChI is InChI=1S/C15H18N6O/c22-15(13-8-16-20-19-13)6-3-7-21(10-15)9-14-17-11-4-1-2-5-12(11)18-14/h1-2,4-5,8,22H,3,6-7,9-10H2,(H,17,18)(H,16,19,20). The normalized spacial score (nSPS) is 23.1. The summed E-state index contributed by atoms with van der Waals surface area (Å²) in [6.07, 6.45) is 3.23. The number of aromatic nitrogens is 5. The van der Waals surface area contributed by atoms with E-state index in [4.69, 9.17) is 0 Å². The van der Waals surface area contributed by atoms with Crippen LogP contribution < -0.4 is 0 Å². The van der Waals surface area contributed by atoms with Crippen molar-refractivity contribution in [3.8, 4) is 0 Å². The molecule has 114 valence electrons. The van der Waals surface area contributed by atoms with Gasteiger partial charge in [-0.1, -0.05) is 12.1 Å². The average Bonchev–Trinajstić information content (AvgIpc) is 3.16. The number of benzene rings is 1. The Bertz CT molecular complexity index is 734. The highest BCUT2D eigenvalue weighted by Gasteiger charge is 2.37. The van der Waals surface area contributed by atoms with Crippen molar-refractivity contribution >= 4 is 11.0 Å². The maximum absolute atomic E-state index is 10.8. The van der Waals surface area contributed by atoms with E-state index in [9.17, 15) is 5.11 Å². The number of imidazole rings is 1. The predicted molar refractivity (Wildman–Crippen MR) is 80.9 cm³/mol. The zero-order valence-electron chi connectivity index (χ0n) is 12.2. The van der Waals surface area contributed by atoms with E-state index in [0.29, 0.717) is 25.2 Å². The Morgan fingerprint density at radius 2 is 2.23 bits per heavy atom. The van der Waals surface area contributed by atoms with Gasteiger partial charge < -0.3 is 10.1 Å². The lowest BCUT2D eigenvalue weighted by Gasteiger charge is -2.37. The summed E-state index contributed by atoms with van der Waals surface area (Å²) in [6, 6.07) is 8.00. The molecule has 0 saturated carbocycles. The van der Waals surface area contributed by atoms with Crippen LogP contribution in [0.3, 0.4) is 0 Å². The molecule has 3 heterocycles. The highest BCUT2D eigenvalue weighted by Crippen LogP contribution is 2.30. The van der Waals surface area contributed by atoms with Gasteiger partial charge in [0, 0.05) is 6.54 Å². The summed E-state index contributed by atoms with van der Waals surface area (Å²) < 4.78 is 0. The minimum Gasteiger partial charge on any atom is -0.382 e. The van der Waals surface area contributed by atoms with Gasteiger partial charge in [-0.15, -0.1) is 0 Å². The number of aliphatic hydroxyl groups is 1. The summed E-state index contributed by atoms with van der Waals surface area (Å²) in [5, 5.41) is 21.3. The number of nitrogens with zero attached hydrogens (tertiary/aromatic N) is 4. The first-order valence-corrected chi connectivity index (χ1v) is 7.48. The third kappa shape index (κ3) is 2.38. The van der Waals surface area contributed by atoms with Crippen molar-refractivity contribution in [3.05, 3.63) is 42.0 Å². The zero-order valence-corrected chi connectivity index (χ0v) is 12.2. The monoisotopic (exact) mass is 298 g/mol. The van der Waals surface area contributed by atoms with Crippen LogP contribution in [0.5, 0.6) is 0 Å². The van der Waals surface area contributed by atoms with Gasteiger partial charge in [-0.3, -0.25) is 4.90 Å². The SMILES string of the molecule is OC1(c2cn[nH]n2)CCCN(Cc2nc3ccccc3[nH]2)C1. The van der Waals surface area contributed by atoms with Gasteiger partial charge in [-0.2, -0.15) is 15.4 Å². The van der Waals surface area contributed by atoms with Crippen LogP contribution in [0.15, 0.2) is 30.5 Å². The fraction of sp³-hybridized carbons (Fsp3) is 0.400. The van der Waals surface area contributed by atoms with Crippen LogP contribution in [0.4, 0.5) is 0 Å². The van der Waals surface area contributed by atoms with Crippen LogP contribution in [0.25, 0.3) is 11.0 Å². The number of para-hydroxylation sites is 2. The van der Waals surface area contributed by atoms with Crippen LogP contribution >= 0.6 is 0 Å². The number of likely N-dealkylation sites (tertiary alicyclic amines) is 1. The number of hydrogen-bond acceptors (Lipinski definition) is 5. The molecular formula is C15H18N6O. The van der Waals surface area contributed by atoms with E-state index in [1.165, 1.54) is 0 Å². The number of piperidine rings is 1. The van der Waals surface area contributed by atoms with E-state index >= 15 is 0 Å². The summed E-state index contributed by atoms with van der Waals surface area (Å²) in [5.41, 5.74) is 1.70. The molecule has 4 rings (SSSR count). The second-order valence-electron chi connectivity index (χ2n) is 5.90. The van der Waals surface area contributed by atoms with Crippen LogP contribution in [-0.4, -0.2) is 48.5 Å². The van der Waals surface area contributed by atoms with Crippen molar-refractivity contribution in [2.24, 2.45) is 0 Å². The smallest absolute Gasteiger partial charge is 0.123 e. The minimum absolute atomic E-state index is 0.538. The van der Waals surface area contributed by atoms with E-state index in [1.807, 2.05) is 24.3 Å². The molecule has 1 fully saturated rings. The van der Waals surface area contributed by atoms with Crippen molar-refractivity contribution in [3.63, 3.8) is 0 Å². The molecule has 2 aromatic heterocycles. The molecule has 22 heavy (non-hydrogen) atoms. The topological polar surface area (TPSA) is 93.7 Å². The lowest BCUT2D eigenvalue weighted by atomic mass is 9.90. The van der Waals surface area contributed by atoms with Crippen LogP contribution in [0, 0.1) is 0 Å². The van der Waals surface area contributed by atoms with Crippen molar-refractivity contribution in [1.29, 1.82) is 0 Å². The molecule has 0 amide bonds. The van der Waals surface area contributed by atoms with E-state index in [0.717, 1.165) is 29.8 Å². The highest BCUT2D eigenvalue weighted by molar-refractivity contribution is 5.74. The first kappa shape index (κ1) is 13.4. The molecule has 7 heteroatoms. The molecule has 3 N–H and O–H groups in total. The largest absolute Gasteiger partial charge is 0.382 e. The summed E-state index contributed by atoms with van der Waals surface area (Å²) in [5.74, 6) is 0.922. The molecule has 0 radical (unpaired) electrons. The molecule has 0 bridgehead atoms. The molecule has 0 spiro atoms. The lowest BCUT2D eigenvalue weighted by molar-refractivity contribution is -0.0419. The molecule has 1 atom stereocenters. The zero-order chi connectivity index (χ0) is 15.0. The number of aromatic amines is 2. The molecule has 1 aromatic carbocycles. The number of H-pyrrole nitrogens is 2. The second kappa shape index (κ2) is 5.19. The average molecular weight is 298 g/mol. The van der Waals surface area contributed by atoms with Gasteiger partial charge in [0.1, 0.15) is 17.1 Å². The van der Waals surface area contributed by atoms with Crippen LogP contribution in [0.1, 0.15) is 24.4 Å². The maximum atomic E-state index is 10.8.